The van der Waals surface area contributed by atoms with Crippen molar-refractivity contribution in [2.75, 3.05) is 5.32 Å². The molecule has 4 rings (SSSR count). The summed E-state index contributed by atoms with van der Waals surface area (Å²) in [7, 11) is 0. The highest BCUT2D eigenvalue weighted by Gasteiger charge is 2.16. The van der Waals surface area contributed by atoms with Gasteiger partial charge in [-0.2, -0.15) is 0 Å². The zero-order chi connectivity index (χ0) is 22.2. The summed E-state index contributed by atoms with van der Waals surface area (Å²) in [5.74, 6) is -0.271. The van der Waals surface area contributed by atoms with Crippen LogP contribution in [0, 0.1) is 0 Å². The second-order valence-corrected chi connectivity index (χ2v) is 10.2. The molecule has 4 aromatic rings. The molecule has 7 heteroatoms. The molecule has 31 heavy (non-hydrogen) atoms. The summed E-state index contributed by atoms with van der Waals surface area (Å²) in [5, 5.41) is 5.33. The first kappa shape index (κ1) is 21.5. The zero-order valence-electron chi connectivity index (χ0n) is 17.5. The van der Waals surface area contributed by atoms with Crippen LogP contribution in [0.2, 0.25) is 0 Å². The molecule has 0 fully saturated rings. The van der Waals surface area contributed by atoms with E-state index in [1.807, 2.05) is 53.9 Å². The van der Waals surface area contributed by atoms with Crippen molar-refractivity contribution < 1.29 is 4.79 Å². The number of halogens is 1. The monoisotopic (exact) mass is 495 g/mol. The third-order valence-electron chi connectivity index (χ3n) is 5.06. The molecule has 0 aliphatic carbocycles. The average Bonchev–Trinajstić information content (AvgIpc) is 3.15. The van der Waals surface area contributed by atoms with Crippen LogP contribution in [0.1, 0.15) is 26.3 Å². The smallest absolute Gasteiger partial charge is 0.263 e. The van der Waals surface area contributed by atoms with E-state index < -0.39 is 0 Å². The summed E-state index contributed by atoms with van der Waals surface area (Å²) < 4.78 is 2.33. The van der Waals surface area contributed by atoms with Crippen molar-refractivity contribution in [1.29, 1.82) is 0 Å². The van der Waals surface area contributed by atoms with Gasteiger partial charge in [-0.3, -0.25) is 14.2 Å². The number of nitrogens with zero attached hydrogens (tertiary/aromatic N) is 2. The first-order valence-electron chi connectivity index (χ1n) is 9.85. The predicted molar refractivity (Wildman–Crippen MR) is 131 cm³/mol. The summed E-state index contributed by atoms with van der Waals surface area (Å²) >= 11 is 4.86. The van der Waals surface area contributed by atoms with Crippen LogP contribution in [0.4, 0.5) is 5.69 Å². The number of carbonyl (C=O) groups is 1. The van der Waals surface area contributed by atoms with Crippen molar-refractivity contribution >= 4 is 49.1 Å². The molecule has 0 aliphatic heterocycles. The maximum Gasteiger partial charge on any atom is 0.263 e. The van der Waals surface area contributed by atoms with E-state index in [1.54, 1.807) is 0 Å². The Hall–Kier alpha value is -2.77. The van der Waals surface area contributed by atoms with Gasteiger partial charge in [0.25, 0.3) is 5.56 Å². The molecular formula is C24H22BrN3O2S. The quantitative estimate of drug-likeness (QED) is 0.387. The fourth-order valence-electron chi connectivity index (χ4n) is 3.33. The number of hydrogen-bond donors (Lipinski definition) is 1. The molecule has 2 aromatic carbocycles. The van der Waals surface area contributed by atoms with E-state index in [1.165, 1.54) is 27.8 Å². The van der Waals surface area contributed by atoms with Gasteiger partial charge in [0, 0.05) is 21.1 Å². The number of hydrogen-bond acceptors (Lipinski definition) is 4. The second-order valence-electron chi connectivity index (χ2n) is 8.39. The second kappa shape index (κ2) is 8.40. The molecule has 0 bridgehead atoms. The minimum absolute atomic E-state index is 0.0456. The molecule has 0 aliphatic rings. The van der Waals surface area contributed by atoms with E-state index in [4.69, 9.17) is 0 Å². The number of carbonyl (C=O) groups excluding carboxylic acids is 1. The van der Waals surface area contributed by atoms with E-state index in [0.717, 1.165) is 15.6 Å². The van der Waals surface area contributed by atoms with Crippen molar-refractivity contribution in [2.45, 2.75) is 32.7 Å². The highest BCUT2D eigenvalue weighted by atomic mass is 79.9. The summed E-state index contributed by atoms with van der Waals surface area (Å²) in [6, 6.07) is 15.6. The van der Waals surface area contributed by atoms with Crippen molar-refractivity contribution in [3.05, 3.63) is 80.6 Å². The van der Waals surface area contributed by atoms with E-state index >= 15 is 0 Å². The number of nitrogens with one attached hydrogen (secondary N) is 1. The van der Waals surface area contributed by atoms with Crippen LogP contribution >= 0.6 is 27.3 Å². The Balaban J connectivity index is 1.58. The molecule has 0 saturated heterocycles. The largest absolute Gasteiger partial charge is 0.325 e. The number of aromatic nitrogens is 2. The average molecular weight is 496 g/mol. The fraction of sp³-hybridized carbons (Fsp3) is 0.208. The van der Waals surface area contributed by atoms with Gasteiger partial charge in [0.05, 0.1) is 11.7 Å². The normalized spacial score (nSPS) is 11.6. The molecule has 0 spiro atoms. The number of anilines is 1. The van der Waals surface area contributed by atoms with E-state index in [0.29, 0.717) is 15.9 Å². The lowest BCUT2D eigenvalue weighted by Crippen LogP contribution is -2.27. The Morgan fingerprint density at radius 1 is 1.10 bits per heavy atom. The molecular weight excluding hydrogens is 474 g/mol. The third kappa shape index (κ3) is 4.62. The van der Waals surface area contributed by atoms with Gasteiger partial charge in [-0.25, -0.2) is 4.98 Å². The molecule has 1 N–H and O–H groups in total. The number of thiophene rings is 1. The van der Waals surface area contributed by atoms with E-state index in [9.17, 15) is 9.59 Å². The Morgan fingerprint density at radius 2 is 1.77 bits per heavy atom. The van der Waals surface area contributed by atoms with Gasteiger partial charge in [0.15, 0.2) is 0 Å². The van der Waals surface area contributed by atoms with Gasteiger partial charge in [-0.15, -0.1) is 11.3 Å². The lowest BCUT2D eigenvalue weighted by molar-refractivity contribution is -0.116. The highest BCUT2D eigenvalue weighted by molar-refractivity contribution is 9.10. The lowest BCUT2D eigenvalue weighted by atomic mass is 9.87. The van der Waals surface area contributed by atoms with Crippen molar-refractivity contribution in [3.63, 3.8) is 0 Å². The van der Waals surface area contributed by atoms with Gasteiger partial charge < -0.3 is 5.32 Å². The van der Waals surface area contributed by atoms with Crippen LogP contribution in [0.5, 0.6) is 0 Å². The molecule has 158 valence electrons. The van der Waals surface area contributed by atoms with Gasteiger partial charge >= 0.3 is 0 Å². The Kier molecular flexibility index (Phi) is 5.81. The van der Waals surface area contributed by atoms with Crippen LogP contribution in [-0.2, 0) is 16.8 Å². The lowest BCUT2D eigenvalue weighted by Gasteiger charge is -2.19. The van der Waals surface area contributed by atoms with Crippen molar-refractivity contribution in [3.8, 4) is 11.1 Å². The first-order valence-corrected chi connectivity index (χ1v) is 11.5. The minimum Gasteiger partial charge on any atom is -0.325 e. The number of fused-ring (bicyclic) bond motifs is 1. The Bertz CT molecular complexity index is 1300. The van der Waals surface area contributed by atoms with Gasteiger partial charge in [-0.1, -0.05) is 61.0 Å². The molecule has 0 radical (unpaired) electrons. The van der Waals surface area contributed by atoms with Gasteiger partial charge in [-0.05, 0) is 40.8 Å². The van der Waals surface area contributed by atoms with Gasteiger partial charge in [0.1, 0.15) is 11.4 Å². The predicted octanol–water partition coefficient (Wildman–Crippen LogP) is 5.82. The topological polar surface area (TPSA) is 64.0 Å². The zero-order valence-corrected chi connectivity index (χ0v) is 19.9. The van der Waals surface area contributed by atoms with Crippen LogP contribution in [0.25, 0.3) is 21.3 Å². The molecule has 1 amide bonds. The van der Waals surface area contributed by atoms with Crippen molar-refractivity contribution in [1.82, 2.24) is 9.55 Å². The molecule has 5 nitrogen and oxygen atoms in total. The standard InChI is InChI=1S/C24H22BrN3O2S/c1-24(2,3)16-6-10-18(11-7-16)27-20(29)12-28-14-26-22-21(23(28)30)19(13-31-22)15-4-8-17(25)9-5-15/h4-11,13-14H,12H2,1-3H3,(H,27,29). The maximum absolute atomic E-state index is 13.1. The molecule has 0 saturated carbocycles. The van der Waals surface area contributed by atoms with Gasteiger partial charge in [0.2, 0.25) is 5.91 Å². The maximum atomic E-state index is 13.1. The Morgan fingerprint density at radius 3 is 2.42 bits per heavy atom. The first-order chi connectivity index (χ1) is 14.7. The van der Waals surface area contributed by atoms with Crippen LogP contribution < -0.4 is 10.9 Å². The van der Waals surface area contributed by atoms with Crippen molar-refractivity contribution in [2.24, 2.45) is 0 Å². The Labute approximate surface area is 192 Å². The number of amides is 1. The summed E-state index contributed by atoms with van der Waals surface area (Å²) in [4.78, 5) is 30.8. The fourth-order valence-corrected chi connectivity index (χ4v) is 4.50. The third-order valence-corrected chi connectivity index (χ3v) is 6.48. The summed E-state index contributed by atoms with van der Waals surface area (Å²) in [5.41, 5.74) is 3.49. The number of benzene rings is 2. The highest BCUT2D eigenvalue weighted by Crippen LogP contribution is 2.31. The SMILES string of the molecule is CC(C)(C)c1ccc(NC(=O)Cn2cnc3scc(-c4ccc(Br)cc4)c3c2=O)cc1. The summed E-state index contributed by atoms with van der Waals surface area (Å²) in [6.45, 7) is 6.33. The molecule has 0 atom stereocenters. The van der Waals surface area contributed by atoms with Crippen LogP contribution in [0.15, 0.2) is 69.5 Å². The molecule has 2 heterocycles. The van der Waals surface area contributed by atoms with E-state index in [-0.39, 0.29) is 23.4 Å². The van der Waals surface area contributed by atoms with Crippen LogP contribution in [0.3, 0.4) is 0 Å². The minimum atomic E-state index is -0.271. The summed E-state index contributed by atoms with van der Waals surface area (Å²) in [6.07, 6.45) is 1.44. The molecule has 2 aromatic heterocycles. The molecule has 0 unspecified atom stereocenters. The number of rotatable bonds is 4. The van der Waals surface area contributed by atoms with Crippen LogP contribution in [-0.4, -0.2) is 15.5 Å². The van der Waals surface area contributed by atoms with E-state index in [2.05, 4.69) is 47.0 Å².